The molecule has 0 aliphatic carbocycles. The summed E-state index contributed by atoms with van der Waals surface area (Å²) >= 11 is 0. The van der Waals surface area contributed by atoms with E-state index in [1.54, 1.807) is 0 Å². The SMILES string of the molecule is c1ccc(N(c2ccccc2)c2cc(N(c3ccccc3)c3ccc4ccccc4c3)cc(-n3c4ccccc4c4c5oc6c(ccc7c6c6ccccc6n7-c6ccc7ccccc7c6)c5ccc43)c2)cc1. The lowest BCUT2D eigenvalue weighted by atomic mass is 10.1. The first-order valence-corrected chi connectivity index (χ1v) is 24.9. The van der Waals surface area contributed by atoms with Gasteiger partial charge in [0.15, 0.2) is 0 Å². The van der Waals surface area contributed by atoms with Crippen LogP contribution in [0.2, 0.25) is 0 Å². The topological polar surface area (TPSA) is 29.5 Å². The van der Waals surface area contributed by atoms with Crippen molar-refractivity contribution in [3.05, 3.63) is 267 Å². The van der Waals surface area contributed by atoms with Crippen LogP contribution in [0.3, 0.4) is 0 Å². The molecule has 0 atom stereocenters. The lowest BCUT2D eigenvalue weighted by molar-refractivity contribution is 0.677. The van der Waals surface area contributed by atoms with E-state index < -0.39 is 0 Å². The number of hydrogen-bond acceptors (Lipinski definition) is 3. The molecule has 0 saturated carbocycles. The fourth-order valence-corrected chi connectivity index (χ4v) is 11.6. The molecule has 0 aliphatic heterocycles. The maximum atomic E-state index is 7.41. The summed E-state index contributed by atoms with van der Waals surface area (Å²) in [4.78, 5) is 4.75. The average molecular weight is 933 g/mol. The number of anilines is 6. The van der Waals surface area contributed by atoms with Crippen LogP contribution in [0.15, 0.2) is 271 Å². The molecule has 5 nitrogen and oxygen atoms in total. The summed E-state index contributed by atoms with van der Waals surface area (Å²) < 4.78 is 12.2. The zero-order chi connectivity index (χ0) is 48.0. The lowest BCUT2D eigenvalue weighted by Gasteiger charge is -2.30. The Morgan fingerprint density at radius 1 is 0.247 bits per heavy atom. The molecule has 0 radical (unpaired) electrons. The quantitative estimate of drug-likeness (QED) is 0.152. The molecule has 0 saturated heterocycles. The highest BCUT2D eigenvalue weighted by Crippen LogP contribution is 2.47. The maximum absolute atomic E-state index is 7.41. The fraction of sp³-hybridized carbons (Fsp3) is 0. The number of nitrogens with zero attached hydrogens (tertiary/aromatic N) is 4. The maximum Gasteiger partial charge on any atom is 0.145 e. The molecule has 15 aromatic rings. The predicted molar refractivity (Wildman–Crippen MR) is 307 cm³/mol. The Bertz CT molecular complexity index is 4590. The van der Waals surface area contributed by atoms with Crippen molar-refractivity contribution in [2.45, 2.75) is 0 Å². The molecule has 0 bridgehead atoms. The van der Waals surface area contributed by atoms with Gasteiger partial charge in [-0.1, -0.05) is 152 Å². The third kappa shape index (κ3) is 6.49. The van der Waals surface area contributed by atoms with Crippen LogP contribution in [0.4, 0.5) is 34.1 Å². The molecule has 0 N–H and O–H groups in total. The molecular weight excluding hydrogens is 889 g/mol. The second kappa shape index (κ2) is 16.4. The molecule has 73 heavy (non-hydrogen) atoms. The Balaban J connectivity index is 1.01. The van der Waals surface area contributed by atoms with E-state index in [1.807, 2.05) is 0 Å². The number of furan rings is 1. The number of para-hydroxylation sites is 5. The molecule has 0 amide bonds. The van der Waals surface area contributed by atoms with Crippen molar-refractivity contribution < 1.29 is 4.42 Å². The Hall–Kier alpha value is -9.84. The molecule has 0 fully saturated rings. The van der Waals surface area contributed by atoms with Crippen LogP contribution in [-0.2, 0) is 0 Å². The van der Waals surface area contributed by atoms with Crippen LogP contribution in [0.25, 0.3) is 98.5 Å². The van der Waals surface area contributed by atoms with Crippen molar-refractivity contribution in [2.75, 3.05) is 9.80 Å². The summed E-state index contributed by atoms with van der Waals surface area (Å²) in [5.74, 6) is 0. The van der Waals surface area contributed by atoms with E-state index in [0.717, 1.165) is 111 Å². The van der Waals surface area contributed by atoms with Gasteiger partial charge in [-0.05, 0) is 137 Å². The first-order valence-electron chi connectivity index (χ1n) is 24.9. The van der Waals surface area contributed by atoms with Gasteiger partial charge in [-0.3, -0.25) is 0 Å². The van der Waals surface area contributed by atoms with Gasteiger partial charge in [0.2, 0.25) is 0 Å². The Kier molecular flexibility index (Phi) is 9.19. The predicted octanol–water partition coefficient (Wildman–Crippen LogP) is 19.0. The van der Waals surface area contributed by atoms with Gasteiger partial charge in [0, 0.05) is 50.0 Å². The number of hydrogen-bond donors (Lipinski definition) is 0. The van der Waals surface area contributed by atoms with Crippen LogP contribution in [-0.4, -0.2) is 9.13 Å². The van der Waals surface area contributed by atoms with Crippen molar-refractivity contribution in [1.29, 1.82) is 0 Å². The van der Waals surface area contributed by atoms with Crippen LogP contribution in [0.5, 0.6) is 0 Å². The van der Waals surface area contributed by atoms with Crippen LogP contribution in [0, 0.1) is 0 Å². The van der Waals surface area contributed by atoms with E-state index in [4.69, 9.17) is 4.42 Å². The van der Waals surface area contributed by atoms with Crippen LogP contribution in [0.1, 0.15) is 0 Å². The number of benzene rings is 12. The second-order valence-corrected chi connectivity index (χ2v) is 18.9. The summed E-state index contributed by atoms with van der Waals surface area (Å²) in [6.07, 6.45) is 0. The molecular formula is C68H44N4O. The van der Waals surface area contributed by atoms with Gasteiger partial charge in [-0.15, -0.1) is 0 Å². The van der Waals surface area contributed by atoms with Gasteiger partial charge in [0.05, 0.1) is 49.9 Å². The van der Waals surface area contributed by atoms with E-state index in [0.29, 0.717) is 0 Å². The standard InChI is InChI=1S/C68H44N4O/c1-4-22-49(23-5-1)69(50-24-6-2-7-25-50)54-42-55(70(51-26-8-3-9-27-51)52-34-32-45-18-10-12-20-47(45)40-52)44-56(43-54)72-62-31-17-15-29-60(62)66-64(72)39-37-58-57-36-38-63-65(67(57)73-68(58)66)59-28-14-16-30-61(59)71(63)53-35-33-46-19-11-13-21-48(46)41-53/h1-44H. The highest BCUT2D eigenvalue weighted by atomic mass is 16.3. The van der Waals surface area contributed by atoms with E-state index in [1.165, 1.54) is 21.5 Å². The smallest absolute Gasteiger partial charge is 0.145 e. The minimum absolute atomic E-state index is 0.881. The minimum atomic E-state index is 0.881. The molecule has 0 spiro atoms. The van der Waals surface area contributed by atoms with Gasteiger partial charge in [0.1, 0.15) is 11.2 Å². The monoisotopic (exact) mass is 932 g/mol. The molecule has 342 valence electrons. The number of fused-ring (bicyclic) bond motifs is 13. The first-order chi connectivity index (χ1) is 36.2. The summed E-state index contributed by atoms with van der Waals surface area (Å²) in [5, 5.41) is 11.5. The summed E-state index contributed by atoms with van der Waals surface area (Å²) in [6.45, 7) is 0. The first kappa shape index (κ1) is 41.0. The third-order valence-corrected chi connectivity index (χ3v) is 14.8. The highest BCUT2D eigenvalue weighted by molar-refractivity contribution is 6.29. The zero-order valence-electron chi connectivity index (χ0n) is 39.6. The van der Waals surface area contributed by atoms with E-state index in [-0.39, 0.29) is 0 Å². The number of rotatable bonds is 8. The molecule has 3 aromatic heterocycles. The molecule has 15 rings (SSSR count). The molecule has 5 heteroatoms. The van der Waals surface area contributed by atoms with Crippen molar-refractivity contribution in [2.24, 2.45) is 0 Å². The van der Waals surface area contributed by atoms with Crippen molar-refractivity contribution in [3.63, 3.8) is 0 Å². The Morgan fingerprint density at radius 3 is 1.21 bits per heavy atom. The summed E-state index contributed by atoms with van der Waals surface area (Å²) in [7, 11) is 0. The fourth-order valence-electron chi connectivity index (χ4n) is 11.6. The van der Waals surface area contributed by atoms with E-state index in [2.05, 4.69) is 286 Å². The van der Waals surface area contributed by atoms with Gasteiger partial charge < -0.3 is 23.4 Å². The highest BCUT2D eigenvalue weighted by Gasteiger charge is 2.25. The molecule has 3 heterocycles. The summed E-state index contributed by atoms with van der Waals surface area (Å²) in [6, 6.07) is 96.4. The van der Waals surface area contributed by atoms with Gasteiger partial charge in [-0.2, -0.15) is 0 Å². The largest absolute Gasteiger partial charge is 0.455 e. The van der Waals surface area contributed by atoms with Crippen molar-refractivity contribution in [3.8, 4) is 11.4 Å². The number of aromatic nitrogens is 2. The lowest BCUT2D eigenvalue weighted by Crippen LogP contribution is -2.14. The van der Waals surface area contributed by atoms with E-state index in [9.17, 15) is 0 Å². The van der Waals surface area contributed by atoms with Crippen LogP contribution < -0.4 is 9.80 Å². The van der Waals surface area contributed by atoms with E-state index >= 15 is 0 Å². The molecule has 0 aliphatic rings. The van der Waals surface area contributed by atoms with Gasteiger partial charge in [0.25, 0.3) is 0 Å². The zero-order valence-corrected chi connectivity index (χ0v) is 39.6. The normalized spacial score (nSPS) is 11.8. The Morgan fingerprint density at radius 2 is 0.671 bits per heavy atom. The molecule has 12 aromatic carbocycles. The minimum Gasteiger partial charge on any atom is -0.455 e. The molecule has 0 unspecified atom stereocenters. The van der Waals surface area contributed by atoms with Crippen molar-refractivity contribution in [1.82, 2.24) is 9.13 Å². The Labute approximate surface area is 420 Å². The average Bonchev–Trinajstić information content (AvgIpc) is 4.12. The van der Waals surface area contributed by atoms with Crippen molar-refractivity contribution >= 4 is 121 Å². The third-order valence-electron chi connectivity index (χ3n) is 14.8. The van der Waals surface area contributed by atoms with Crippen LogP contribution >= 0.6 is 0 Å². The second-order valence-electron chi connectivity index (χ2n) is 18.9. The summed E-state index contributed by atoms with van der Waals surface area (Å²) in [5.41, 5.74) is 14.6. The van der Waals surface area contributed by atoms with Gasteiger partial charge >= 0.3 is 0 Å². The van der Waals surface area contributed by atoms with Gasteiger partial charge in [-0.25, -0.2) is 0 Å².